The predicted octanol–water partition coefficient (Wildman–Crippen LogP) is 4.69. The molecule has 0 saturated carbocycles. The first-order chi connectivity index (χ1) is 13.4. The summed E-state index contributed by atoms with van der Waals surface area (Å²) >= 11 is 0. The Balaban J connectivity index is 1.78. The first-order valence-corrected chi connectivity index (χ1v) is 8.30. The lowest BCUT2D eigenvalue weighted by atomic mass is 10.1. The van der Waals surface area contributed by atoms with E-state index in [2.05, 4.69) is 15.4 Å². The molecule has 5 nitrogen and oxygen atoms in total. The third kappa shape index (κ3) is 3.32. The van der Waals surface area contributed by atoms with Crippen LogP contribution in [0.25, 0.3) is 16.6 Å². The fourth-order valence-corrected chi connectivity index (χ4v) is 2.91. The molecule has 28 heavy (non-hydrogen) atoms. The van der Waals surface area contributed by atoms with Gasteiger partial charge in [0.25, 0.3) is 5.91 Å². The highest BCUT2D eigenvalue weighted by Crippen LogP contribution is 2.33. The van der Waals surface area contributed by atoms with Crippen LogP contribution in [0.1, 0.15) is 15.9 Å². The van der Waals surface area contributed by atoms with Crippen LogP contribution >= 0.6 is 0 Å². The molecule has 0 atom stereocenters. The standard InChI is InChI=1S/C20H13F3N4O/c21-20(22,23)13-6-7-18(27-11-3-9-25-27)17(12-13)26-19(28)15-8-10-24-16-5-2-1-4-14(15)16/h1-12H,(H,26,28). The van der Waals surface area contributed by atoms with Crippen LogP contribution in [0.15, 0.2) is 73.2 Å². The number of aromatic nitrogens is 3. The molecular formula is C20H13F3N4O. The number of carbonyl (C=O) groups excluding carboxylic acids is 1. The van der Waals surface area contributed by atoms with Gasteiger partial charge in [0.15, 0.2) is 0 Å². The van der Waals surface area contributed by atoms with Gasteiger partial charge in [-0.3, -0.25) is 9.78 Å². The molecule has 2 aromatic carbocycles. The highest BCUT2D eigenvalue weighted by Gasteiger charge is 2.31. The quantitative estimate of drug-likeness (QED) is 0.559. The molecule has 0 aliphatic carbocycles. The number of alkyl halides is 3. The number of amides is 1. The van der Waals surface area contributed by atoms with Crippen LogP contribution in [-0.4, -0.2) is 20.7 Å². The van der Waals surface area contributed by atoms with Gasteiger partial charge in [0, 0.05) is 24.0 Å². The summed E-state index contributed by atoms with van der Waals surface area (Å²) in [7, 11) is 0. The number of carbonyl (C=O) groups is 1. The molecule has 0 fully saturated rings. The molecule has 0 aliphatic rings. The lowest BCUT2D eigenvalue weighted by Gasteiger charge is -2.15. The minimum Gasteiger partial charge on any atom is -0.320 e. The molecule has 140 valence electrons. The van der Waals surface area contributed by atoms with Gasteiger partial charge in [0.1, 0.15) is 0 Å². The van der Waals surface area contributed by atoms with Crippen LogP contribution in [0.2, 0.25) is 0 Å². The van der Waals surface area contributed by atoms with Crippen molar-refractivity contribution in [3.8, 4) is 5.69 Å². The Kier molecular flexibility index (Phi) is 4.31. The van der Waals surface area contributed by atoms with Crippen LogP contribution in [0, 0.1) is 0 Å². The Labute approximate surface area is 157 Å². The van der Waals surface area contributed by atoms with Crippen molar-refractivity contribution in [2.45, 2.75) is 6.18 Å². The average Bonchev–Trinajstić information content (AvgIpc) is 3.21. The first-order valence-electron chi connectivity index (χ1n) is 8.30. The maximum absolute atomic E-state index is 13.2. The first kappa shape index (κ1) is 17.7. The Morgan fingerprint density at radius 1 is 1.00 bits per heavy atom. The number of nitrogens with one attached hydrogen (secondary N) is 1. The van der Waals surface area contributed by atoms with Crippen molar-refractivity contribution in [1.82, 2.24) is 14.8 Å². The van der Waals surface area contributed by atoms with E-state index in [0.717, 1.165) is 12.1 Å². The number of rotatable bonds is 3. The maximum atomic E-state index is 13.2. The topological polar surface area (TPSA) is 59.8 Å². The SMILES string of the molecule is O=C(Nc1cc(C(F)(F)F)ccc1-n1cccn1)c1ccnc2ccccc12. The van der Waals surface area contributed by atoms with E-state index in [1.807, 2.05) is 0 Å². The number of para-hydroxylation sites is 1. The number of pyridine rings is 1. The summed E-state index contributed by atoms with van der Waals surface area (Å²) in [6.07, 6.45) is 0.0308. The zero-order valence-electron chi connectivity index (χ0n) is 14.3. The number of benzene rings is 2. The van der Waals surface area contributed by atoms with E-state index in [4.69, 9.17) is 0 Å². The second-order valence-corrected chi connectivity index (χ2v) is 6.01. The Hall–Kier alpha value is -3.68. The molecule has 0 bridgehead atoms. The second-order valence-electron chi connectivity index (χ2n) is 6.01. The Morgan fingerprint density at radius 3 is 2.57 bits per heavy atom. The van der Waals surface area contributed by atoms with E-state index >= 15 is 0 Å². The van der Waals surface area contributed by atoms with Crippen molar-refractivity contribution >= 4 is 22.5 Å². The molecule has 4 rings (SSSR count). The lowest BCUT2D eigenvalue weighted by Crippen LogP contribution is -2.16. The van der Waals surface area contributed by atoms with E-state index in [1.165, 1.54) is 29.2 Å². The molecule has 2 heterocycles. The Bertz CT molecular complexity index is 1150. The Morgan fingerprint density at radius 2 is 1.82 bits per heavy atom. The van der Waals surface area contributed by atoms with Crippen LogP contribution in [0.3, 0.4) is 0 Å². The summed E-state index contributed by atoms with van der Waals surface area (Å²) in [5.74, 6) is -0.536. The average molecular weight is 382 g/mol. The third-order valence-corrected chi connectivity index (χ3v) is 4.22. The molecule has 0 radical (unpaired) electrons. The number of nitrogens with zero attached hydrogens (tertiary/aromatic N) is 3. The van der Waals surface area contributed by atoms with Gasteiger partial charge in [-0.05, 0) is 36.4 Å². The van der Waals surface area contributed by atoms with Gasteiger partial charge >= 0.3 is 6.18 Å². The molecule has 0 spiro atoms. The molecule has 0 saturated heterocycles. The number of fused-ring (bicyclic) bond motifs is 1. The summed E-state index contributed by atoms with van der Waals surface area (Å²) in [5.41, 5.74) is 0.397. The normalized spacial score (nSPS) is 11.5. The van der Waals surface area contributed by atoms with Gasteiger partial charge in [-0.2, -0.15) is 18.3 Å². The van der Waals surface area contributed by atoms with E-state index in [9.17, 15) is 18.0 Å². The number of hydrogen-bond donors (Lipinski definition) is 1. The van der Waals surface area contributed by atoms with Crippen LogP contribution in [0.5, 0.6) is 0 Å². The maximum Gasteiger partial charge on any atom is 0.416 e. The number of hydrogen-bond acceptors (Lipinski definition) is 3. The van der Waals surface area contributed by atoms with Crippen LogP contribution in [-0.2, 0) is 6.18 Å². The highest BCUT2D eigenvalue weighted by molar-refractivity contribution is 6.12. The van der Waals surface area contributed by atoms with Crippen molar-refractivity contribution in [3.63, 3.8) is 0 Å². The van der Waals surface area contributed by atoms with E-state index in [1.54, 1.807) is 36.5 Å². The van der Waals surface area contributed by atoms with Crippen molar-refractivity contribution in [2.24, 2.45) is 0 Å². The molecule has 0 unspecified atom stereocenters. The minimum absolute atomic E-state index is 0.00409. The largest absolute Gasteiger partial charge is 0.416 e. The molecule has 1 N–H and O–H groups in total. The van der Waals surface area contributed by atoms with E-state index < -0.39 is 17.6 Å². The predicted molar refractivity (Wildman–Crippen MR) is 98.3 cm³/mol. The van der Waals surface area contributed by atoms with Crippen LogP contribution in [0.4, 0.5) is 18.9 Å². The monoisotopic (exact) mass is 382 g/mol. The number of anilines is 1. The summed E-state index contributed by atoms with van der Waals surface area (Å²) < 4.78 is 40.9. The van der Waals surface area contributed by atoms with Gasteiger partial charge in [-0.15, -0.1) is 0 Å². The van der Waals surface area contributed by atoms with Crippen molar-refractivity contribution < 1.29 is 18.0 Å². The minimum atomic E-state index is -4.54. The lowest BCUT2D eigenvalue weighted by molar-refractivity contribution is -0.137. The van der Waals surface area contributed by atoms with Crippen LogP contribution < -0.4 is 5.32 Å². The zero-order valence-corrected chi connectivity index (χ0v) is 14.3. The van der Waals surface area contributed by atoms with E-state index in [0.29, 0.717) is 22.2 Å². The second kappa shape index (κ2) is 6.80. The zero-order chi connectivity index (χ0) is 19.7. The van der Waals surface area contributed by atoms with Gasteiger partial charge in [0.05, 0.1) is 28.0 Å². The van der Waals surface area contributed by atoms with Gasteiger partial charge in [0.2, 0.25) is 0 Å². The molecule has 4 aromatic rings. The van der Waals surface area contributed by atoms with Crippen molar-refractivity contribution in [1.29, 1.82) is 0 Å². The highest BCUT2D eigenvalue weighted by atomic mass is 19.4. The fraction of sp³-hybridized carbons (Fsp3) is 0.0500. The third-order valence-electron chi connectivity index (χ3n) is 4.22. The van der Waals surface area contributed by atoms with Gasteiger partial charge in [-0.25, -0.2) is 4.68 Å². The summed E-state index contributed by atoms with van der Waals surface area (Å²) in [6, 6.07) is 13.3. The van der Waals surface area contributed by atoms with Crippen molar-refractivity contribution in [3.05, 3.63) is 84.3 Å². The molecule has 8 heteroatoms. The summed E-state index contributed by atoms with van der Waals surface area (Å²) in [4.78, 5) is 17.1. The molecule has 2 aromatic heterocycles. The molecule has 0 aliphatic heterocycles. The van der Waals surface area contributed by atoms with Crippen molar-refractivity contribution in [2.75, 3.05) is 5.32 Å². The summed E-state index contributed by atoms with van der Waals surface area (Å²) in [6.45, 7) is 0. The van der Waals surface area contributed by atoms with Gasteiger partial charge in [-0.1, -0.05) is 18.2 Å². The van der Waals surface area contributed by atoms with Gasteiger partial charge < -0.3 is 5.32 Å². The van der Waals surface area contributed by atoms with E-state index in [-0.39, 0.29) is 5.69 Å². The molecule has 1 amide bonds. The smallest absolute Gasteiger partial charge is 0.320 e. The summed E-state index contributed by atoms with van der Waals surface area (Å²) in [5, 5.41) is 7.24. The fourth-order valence-electron chi connectivity index (χ4n) is 2.91. The molecular weight excluding hydrogens is 369 g/mol. The number of halogens is 3.